The summed E-state index contributed by atoms with van der Waals surface area (Å²) in [6, 6.07) is 12.7. The number of piperidine rings is 1. The van der Waals surface area contributed by atoms with Gasteiger partial charge in [-0.05, 0) is 67.9 Å². The van der Waals surface area contributed by atoms with Crippen molar-refractivity contribution in [1.82, 2.24) is 15.5 Å². The van der Waals surface area contributed by atoms with Crippen molar-refractivity contribution in [2.45, 2.75) is 48.9 Å². The molecular weight excluding hydrogens is 844 g/mol. The van der Waals surface area contributed by atoms with E-state index in [4.69, 9.17) is 14.7 Å². The van der Waals surface area contributed by atoms with Crippen LogP contribution in [0.15, 0.2) is 65.6 Å². The number of fused-ring (bicyclic) bond motifs is 1. The molecule has 2 heterocycles. The van der Waals surface area contributed by atoms with E-state index in [9.17, 15) is 55.5 Å². The second-order valence-corrected chi connectivity index (χ2v) is 16.2. The minimum absolute atomic E-state index is 0.0183. The van der Waals surface area contributed by atoms with Crippen molar-refractivity contribution in [1.29, 1.82) is 5.26 Å². The number of ether oxygens (including phenoxy) is 2. The molecular formula is C40H42F3N7O11S. The number of carbonyl (C=O) groups is 6. The van der Waals surface area contributed by atoms with Gasteiger partial charge in [0.1, 0.15) is 6.04 Å². The van der Waals surface area contributed by atoms with Crippen LogP contribution in [0, 0.1) is 11.3 Å². The van der Waals surface area contributed by atoms with Gasteiger partial charge in [0, 0.05) is 49.5 Å². The minimum atomic E-state index is -4.90. The highest BCUT2D eigenvalue weighted by atomic mass is 32.2. The third-order valence-electron chi connectivity index (χ3n) is 9.53. The van der Waals surface area contributed by atoms with E-state index >= 15 is 0 Å². The third kappa shape index (κ3) is 11.7. The number of nitrogens with one attached hydrogen (secondary N) is 5. The molecule has 0 radical (unpaired) electrons. The van der Waals surface area contributed by atoms with E-state index in [1.54, 1.807) is 12.1 Å². The van der Waals surface area contributed by atoms with Gasteiger partial charge in [0.15, 0.2) is 15.4 Å². The Balaban J connectivity index is 0.938. The Morgan fingerprint density at radius 1 is 0.919 bits per heavy atom. The fourth-order valence-electron chi connectivity index (χ4n) is 6.43. The van der Waals surface area contributed by atoms with E-state index < -0.39 is 79.8 Å². The smallest absolute Gasteiger partial charge is 0.385 e. The number of nitrogens with zero attached hydrogens (tertiary/aromatic N) is 2. The van der Waals surface area contributed by atoms with Crippen LogP contribution in [-0.4, -0.2) is 117 Å². The summed E-state index contributed by atoms with van der Waals surface area (Å²) < 4.78 is 77.0. The molecule has 0 spiro atoms. The Morgan fingerprint density at radius 2 is 1.60 bits per heavy atom. The molecule has 3 aromatic rings. The summed E-state index contributed by atoms with van der Waals surface area (Å²) in [4.78, 5) is 75.6. The zero-order valence-corrected chi connectivity index (χ0v) is 33.9. The molecule has 2 atom stereocenters. The molecule has 0 bridgehead atoms. The number of halogens is 3. The Morgan fingerprint density at radius 3 is 2.26 bits per heavy atom. The largest absolute Gasteiger partial charge is 0.417 e. The lowest BCUT2D eigenvalue weighted by atomic mass is 10.0. The SMILES string of the molecule is CC(O)(CS(=O)(=O)c1ccc(NCCC(=O)NCCOCCOCCNc2cccc3c2C(=O)N(C2CCC(=O)NC2=O)C3=O)cc1)C(=O)Nc1ccc(C#N)c(C(F)(F)F)c1. The lowest BCUT2D eigenvalue weighted by Crippen LogP contribution is -2.54. The van der Waals surface area contributed by atoms with Crippen LogP contribution in [0.3, 0.4) is 0 Å². The first kappa shape index (κ1) is 46.7. The first-order valence-electron chi connectivity index (χ1n) is 19.0. The summed E-state index contributed by atoms with van der Waals surface area (Å²) in [7, 11) is -4.28. The number of carbonyl (C=O) groups excluding carboxylic acids is 6. The molecule has 18 nitrogen and oxygen atoms in total. The molecule has 0 saturated carbocycles. The van der Waals surface area contributed by atoms with E-state index in [2.05, 4.69) is 26.6 Å². The standard InChI is InChI=1S/C40H42F3N7O11S/c1-39(57,38(56)48-26-6-5-24(22-44)29(21-26)40(41,42)43)23-62(58,59)27-9-7-25(8-10-27)45-14-13-32(51)47-16-18-61-20-19-60-17-15-46-30-4-2-3-28-34(30)37(55)50(36(28)54)31-11-12-33(52)49-35(31)53/h2-10,21,31,45-46,57H,11-20,23H2,1H3,(H,47,51)(H,48,56)(H,49,52,53). The van der Waals surface area contributed by atoms with Crippen LogP contribution >= 0.6 is 0 Å². The molecule has 2 aliphatic rings. The lowest BCUT2D eigenvalue weighted by Gasteiger charge is -2.27. The second-order valence-electron chi connectivity index (χ2n) is 14.2. The van der Waals surface area contributed by atoms with Gasteiger partial charge in [-0.25, -0.2) is 8.42 Å². The fraction of sp³-hybridized carbons (Fsp3) is 0.375. The number of aliphatic hydroxyl groups is 1. The number of imide groups is 2. The number of amides is 6. The van der Waals surface area contributed by atoms with Crippen molar-refractivity contribution < 1.29 is 64.9 Å². The van der Waals surface area contributed by atoms with Crippen LogP contribution in [-0.2, 0) is 44.7 Å². The number of rotatable bonds is 20. The van der Waals surface area contributed by atoms with Crippen LogP contribution in [0.5, 0.6) is 0 Å². The highest BCUT2D eigenvalue weighted by Crippen LogP contribution is 2.34. The van der Waals surface area contributed by atoms with Gasteiger partial charge in [-0.15, -0.1) is 0 Å². The van der Waals surface area contributed by atoms with Crippen molar-refractivity contribution in [2.75, 3.05) is 67.8 Å². The molecule has 6 amide bonds. The van der Waals surface area contributed by atoms with Gasteiger partial charge in [0.2, 0.25) is 17.7 Å². The number of sulfone groups is 1. The van der Waals surface area contributed by atoms with Gasteiger partial charge in [0.25, 0.3) is 17.7 Å². The van der Waals surface area contributed by atoms with Crippen LogP contribution in [0.1, 0.15) is 58.0 Å². The summed E-state index contributed by atoms with van der Waals surface area (Å²) >= 11 is 0. The van der Waals surface area contributed by atoms with Gasteiger partial charge in [-0.3, -0.25) is 39.0 Å². The van der Waals surface area contributed by atoms with Gasteiger partial charge in [-0.1, -0.05) is 6.07 Å². The first-order valence-corrected chi connectivity index (χ1v) is 20.7. The normalized spacial score (nSPS) is 16.2. The van der Waals surface area contributed by atoms with Crippen molar-refractivity contribution >= 4 is 62.3 Å². The van der Waals surface area contributed by atoms with E-state index in [0.29, 0.717) is 17.4 Å². The van der Waals surface area contributed by atoms with E-state index in [1.165, 1.54) is 36.4 Å². The van der Waals surface area contributed by atoms with E-state index in [1.807, 2.05) is 0 Å². The maximum Gasteiger partial charge on any atom is 0.417 e. The number of hydrogen-bond donors (Lipinski definition) is 6. The van der Waals surface area contributed by atoms with Crippen LogP contribution in [0.4, 0.5) is 30.2 Å². The molecule has 2 aliphatic heterocycles. The molecule has 62 heavy (non-hydrogen) atoms. The van der Waals surface area contributed by atoms with Crippen LogP contribution < -0.4 is 26.6 Å². The predicted octanol–water partition coefficient (Wildman–Crippen LogP) is 2.21. The van der Waals surface area contributed by atoms with Gasteiger partial charge in [0.05, 0.1) is 65.4 Å². The molecule has 3 aromatic carbocycles. The third-order valence-corrected chi connectivity index (χ3v) is 11.5. The second kappa shape index (κ2) is 20.0. The van der Waals surface area contributed by atoms with E-state index in [-0.39, 0.29) is 87.3 Å². The maximum atomic E-state index is 13.3. The van der Waals surface area contributed by atoms with Crippen molar-refractivity contribution in [3.63, 3.8) is 0 Å². The molecule has 6 N–H and O–H groups in total. The Bertz CT molecular complexity index is 2370. The number of alkyl halides is 3. The monoisotopic (exact) mass is 885 g/mol. The van der Waals surface area contributed by atoms with Gasteiger partial charge >= 0.3 is 6.18 Å². The fourth-order valence-corrected chi connectivity index (χ4v) is 8.02. The summed E-state index contributed by atoms with van der Waals surface area (Å²) in [5, 5.41) is 32.6. The predicted molar refractivity (Wildman–Crippen MR) is 213 cm³/mol. The average Bonchev–Trinajstić information content (AvgIpc) is 3.47. The minimum Gasteiger partial charge on any atom is -0.385 e. The summed E-state index contributed by atoms with van der Waals surface area (Å²) in [6.45, 7) is 2.50. The lowest BCUT2D eigenvalue weighted by molar-refractivity contribution is -0.138. The first-order chi connectivity index (χ1) is 29.3. The number of benzene rings is 3. The zero-order chi connectivity index (χ0) is 45.2. The number of anilines is 3. The van der Waals surface area contributed by atoms with Crippen molar-refractivity contribution in [3.8, 4) is 6.07 Å². The molecule has 2 unspecified atom stereocenters. The topological polar surface area (TPSA) is 262 Å². The number of hydrogen-bond acceptors (Lipinski definition) is 14. The Labute approximate surface area is 353 Å². The quantitative estimate of drug-likeness (QED) is 0.0703. The summed E-state index contributed by atoms with van der Waals surface area (Å²) in [6.07, 6.45) is -4.76. The maximum absolute atomic E-state index is 13.3. The molecule has 5 rings (SSSR count). The highest BCUT2D eigenvalue weighted by Gasteiger charge is 2.45. The highest BCUT2D eigenvalue weighted by molar-refractivity contribution is 7.91. The Kier molecular flexibility index (Phi) is 15.0. The van der Waals surface area contributed by atoms with Crippen molar-refractivity contribution in [3.05, 3.63) is 82.9 Å². The van der Waals surface area contributed by atoms with Gasteiger partial charge < -0.3 is 35.8 Å². The summed E-state index contributed by atoms with van der Waals surface area (Å²) in [5.41, 5.74) is -3.78. The molecule has 0 aromatic heterocycles. The Hall–Kier alpha value is -6.41. The molecule has 1 saturated heterocycles. The molecule has 0 aliphatic carbocycles. The molecule has 1 fully saturated rings. The number of nitriles is 1. The van der Waals surface area contributed by atoms with Crippen molar-refractivity contribution in [2.24, 2.45) is 0 Å². The summed E-state index contributed by atoms with van der Waals surface area (Å²) in [5.74, 6) is -5.04. The zero-order valence-electron chi connectivity index (χ0n) is 33.1. The molecule has 330 valence electrons. The van der Waals surface area contributed by atoms with Crippen LogP contribution in [0.25, 0.3) is 0 Å². The van der Waals surface area contributed by atoms with E-state index in [0.717, 1.165) is 24.0 Å². The average molecular weight is 886 g/mol. The van der Waals surface area contributed by atoms with Gasteiger partial charge in [-0.2, -0.15) is 18.4 Å². The van der Waals surface area contributed by atoms with Crippen LogP contribution in [0.2, 0.25) is 0 Å². The molecule has 22 heteroatoms.